The Morgan fingerprint density at radius 3 is 1.13 bits per heavy atom. The molecule has 0 unspecified atom stereocenters. The van der Waals surface area contributed by atoms with Gasteiger partial charge in [-0.2, -0.15) is 0 Å². The normalized spacial score (nSPS) is 23.5. The highest BCUT2D eigenvalue weighted by atomic mass is 28.5. The molecule has 0 saturated carbocycles. The molecule has 2 heterocycles. The summed E-state index contributed by atoms with van der Waals surface area (Å²) in [6.45, 7) is 20.4. The van der Waals surface area contributed by atoms with Gasteiger partial charge in [0.05, 0.1) is 13.2 Å². The molecule has 0 aliphatic carbocycles. The first-order valence-electron chi connectivity index (χ1n) is 10.5. The van der Waals surface area contributed by atoms with Crippen LogP contribution in [0.25, 0.3) is 0 Å². The molecule has 2 rings (SSSR count). The van der Waals surface area contributed by atoms with E-state index in [1.807, 2.05) is 0 Å². The molecule has 0 bridgehead atoms. The SMILES string of the molecule is C1COCCN1.C[Si]1(C)O[Si](C)(C)O[Si](C)(C)O[Si](C)(C)O1.O=C(O)CCCC(=O)O. The summed E-state index contributed by atoms with van der Waals surface area (Å²) in [6, 6.07) is 0. The van der Waals surface area contributed by atoms with Crippen molar-refractivity contribution in [3.05, 3.63) is 0 Å². The topological polar surface area (TPSA) is 133 Å². The van der Waals surface area contributed by atoms with Crippen LogP contribution in [0, 0.1) is 0 Å². The predicted octanol–water partition coefficient (Wildman–Crippen LogP) is 2.81. The Kier molecular flexibility index (Phi) is 13.1. The number of carbonyl (C=O) groups is 2. The summed E-state index contributed by atoms with van der Waals surface area (Å²) in [5.41, 5.74) is 0. The zero-order valence-electron chi connectivity index (χ0n) is 20.2. The van der Waals surface area contributed by atoms with E-state index in [1.54, 1.807) is 0 Å². The Bertz CT molecular complexity index is 472. The Labute approximate surface area is 190 Å². The fourth-order valence-electron chi connectivity index (χ4n) is 3.36. The van der Waals surface area contributed by atoms with E-state index in [9.17, 15) is 9.59 Å². The minimum atomic E-state index is -2.11. The summed E-state index contributed by atoms with van der Waals surface area (Å²) < 4.78 is 29.6. The minimum Gasteiger partial charge on any atom is -0.481 e. The fourth-order valence-corrected chi connectivity index (χ4v) is 24.5. The lowest BCUT2D eigenvalue weighted by molar-refractivity contribution is -0.138. The molecular weight excluding hydrogens is 475 g/mol. The quantitative estimate of drug-likeness (QED) is 0.480. The lowest BCUT2D eigenvalue weighted by atomic mass is 10.2. The van der Waals surface area contributed by atoms with Crippen molar-refractivity contribution in [2.24, 2.45) is 0 Å². The van der Waals surface area contributed by atoms with Crippen LogP contribution in [0.1, 0.15) is 19.3 Å². The molecule has 2 fully saturated rings. The number of hydrogen-bond acceptors (Lipinski definition) is 8. The van der Waals surface area contributed by atoms with E-state index in [1.165, 1.54) is 0 Å². The first-order valence-corrected chi connectivity index (χ1v) is 21.7. The van der Waals surface area contributed by atoms with Crippen LogP contribution >= 0.6 is 0 Å². The molecule has 10 nitrogen and oxygen atoms in total. The zero-order chi connectivity index (χ0) is 24.3. The lowest BCUT2D eigenvalue weighted by Gasteiger charge is -2.46. The van der Waals surface area contributed by atoms with Crippen LogP contribution in [-0.2, 0) is 30.8 Å². The van der Waals surface area contributed by atoms with Crippen LogP contribution in [0.2, 0.25) is 52.4 Å². The third-order valence-electron chi connectivity index (χ3n) is 3.59. The fraction of sp³-hybridized carbons (Fsp3) is 0.882. The molecule has 0 aromatic heterocycles. The van der Waals surface area contributed by atoms with E-state index in [0.29, 0.717) is 0 Å². The van der Waals surface area contributed by atoms with E-state index >= 15 is 0 Å². The number of rotatable bonds is 4. The molecule has 0 amide bonds. The Balaban J connectivity index is 0.000000501. The van der Waals surface area contributed by atoms with Gasteiger partial charge in [-0.25, -0.2) is 0 Å². The van der Waals surface area contributed by atoms with E-state index in [4.69, 9.17) is 31.4 Å². The molecule has 2 saturated heterocycles. The molecular formula is C17H41NO9Si4. The predicted molar refractivity (Wildman–Crippen MR) is 127 cm³/mol. The third-order valence-corrected chi connectivity index (χ3v) is 19.3. The summed E-state index contributed by atoms with van der Waals surface area (Å²) in [7, 11) is -8.44. The van der Waals surface area contributed by atoms with Crippen molar-refractivity contribution in [2.45, 2.75) is 71.6 Å². The second-order valence-corrected chi connectivity index (χ2v) is 23.5. The number of carboxylic acid groups (broad SMARTS) is 2. The number of nitrogens with one attached hydrogen (secondary N) is 1. The molecule has 0 atom stereocenters. The molecule has 0 aromatic carbocycles. The summed E-state index contributed by atoms with van der Waals surface area (Å²) in [5, 5.41) is 19.2. The zero-order valence-corrected chi connectivity index (χ0v) is 24.2. The smallest absolute Gasteiger partial charge is 0.314 e. The van der Waals surface area contributed by atoms with Gasteiger partial charge in [0.2, 0.25) is 0 Å². The highest BCUT2D eigenvalue weighted by molar-refractivity contribution is 6.92. The molecule has 31 heavy (non-hydrogen) atoms. The largest absolute Gasteiger partial charge is 0.481 e. The Hall–Kier alpha value is -0.432. The van der Waals surface area contributed by atoms with Gasteiger partial charge in [-0.3, -0.25) is 9.59 Å². The van der Waals surface area contributed by atoms with Crippen molar-refractivity contribution >= 4 is 46.2 Å². The summed E-state index contributed by atoms with van der Waals surface area (Å²) in [4.78, 5) is 19.6. The van der Waals surface area contributed by atoms with Gasteiger partial charge in [0.15, 0.2) is 0 Å². The van der Waals surface area contributed by atoms with Gasteiger partial charge in [-0.15, -0.1) is 0 Å². The molecule has 2 aliphatic heterocycles. The molecule has 2 aliphatic rings. The number of carboxylic acids is 2. The van der Waals surface area contributed by atoms with Gasteiger partial charge in [-0.1, -0.05) is 0 Å². The third kappa shape index (κ3) is 17.8. The van der Waals surface area contributed by atoms with Gasteiger partial charge >= 0.3 is 46.2 Å². The maximum atomic E-state index is 9.79. The first kappa shape index (κ1) is 30.6. The van der Waals surface area contributed by atoms with Crippen molar-refractivity contribution in [1.82, 2.24) is 5.32 Å². The van der Waals surface area contributed by atoms with Crippen molar-refractivity contribution in [3.8, 4) is 0 Å². The summed E-state index contributed by atoms with van der Waals surface area (Å²) in [6.07, 6.45) is 0.0866. The molecule has 0 radical (unpaired) electrons. The maximum Gasteiger partial charge on any atom is 0.314 e. The highest BCUT2D eigenvalue weighted by Crippen LogP contribution is 2.30. The number of hydrogen-bond donors (Lipinski definition) is 3. The van der Waals surface area contributed by atoms with Gasteiger partial charge in [-0.05, 0) is 58.8 Å². The first-order chi connectivity index (χ1) is 14.0. The van der Waals surface area contributed by atoms with Gasteiger partial charge in [0.25, 0.3) is 0 Å². The van der Waals surface area contributed by atoms with Crippen LogP contribution in [0.4, 0.5) is 0 Å². The average Bonchev–Trinajstić information content (AvgIpc) is 2.51. The van der Waals surface area contributed by atoms with Crippen molar-refractivity contribution < 1.29 is 41.0 Å². The van der Waals surface area contributed by atoms with Crippen molar-refractivity contribution in [1.29, 1.82) is 0 Å². The van der Waals surface area contributed by atoms with Crippen LogP contribution in [0.15, 0.2) is 0 Å². The lowest BCUT2D eigenvalue weighted by Crippen LogP contribution is -2.64. The molecule has 3 N–H and O–H groups in total. The van der Waals surface area contributed by atoms with Crippen LogP contribution in [-0.4, -0.2) is 82.7 Å². The molecule has 184 valence electrons. The number of aliphatic carboxylic acids is 2. The maximum absolute atomic E-state index is 9.79. The van der Waals surface area contributed by atoms with Gasteiger partial charge in [0.1, 0.15) is 0 Å². The highest BCUT2D eigenvalue weighted by Gasteiger charge is 2.50. The monoisotopic (exact) mass is 515 g/mol. The minimum absolute atomic E-state index is 0.0632. The second-order valence-electron chi connectivity index (χ2n) is 9.01. The van der Waals surface area contributed by atoms with Crippen molar-refractivity contribution in [3.63, 3.8) is 0 Å². The summed E-state index contributed by atoms with van der Waals surface area (Å²) >= 11 is 0. The Morgan fingerprint density at radius 2 is 0.968 bits per heavy atom. The second kappa shape index (κ2) is 13.3. The number of ether oxygens (including phenoxy) is 1. The van der Waals surface area contributed by atoms with Gasteiger partial charge < -0.3 is 36.7 Å². The molecule has 14 heteroatoms. The van der Waals surface area contributed by atoms with Gasteiger partial charge in [0, 0.05) is 25.9 Å². The van der Waals surface area contributed by atoms with E-state index in [0.717, 1.165) is 26.3 Å². The van der Waals surface area contributed by atoms with E-state index < -0.39 is 46.2 Å². The Morgan fingerprint density at radius 1 is 0.677 bits per heavy atom. The average molecular weight is 516 g/mol. The standard InChI is InChI=1S/C8H24O4Si4.C5H8O4.C4H9NO/c1-13(2)9-14(3,4)11-16(7,8)12-15(5,6)10-13;6-4(7)2-1-3-5(8)9;1-3-6-4-2-5-1/h1-8H3;1-3H2,(H,6,7)(H,8,9);5H,1-4H2. The summed E-state index contributed by atoms with van der Waals surface area (Å²) in [5.74, 6) is -1.90. The van der Waals surface area contributed by atoms with Crippen LogP contribution in [0.3, 0.4) is 0 Å². The number of morpholine rings is 1. The van der Waals surface area contributed by atoms with E-state index in [2.05, 4.69) is 57.7 Å². The molecule has 0 spiro atoms. The van der Waals surface area contributed by atoms with E-state index in [-0.39, 0.29) is 19.3 Å². The van der Waals surface area contributed by atoms with Crippen LogP contribution < -0.4 is 5.32 Å². The molecule has 0 aromatic rings. The van der Waals surface area contributed by atoms with Crippen LogP contribution in [0.5, 0.6) is 0 Å². The van der Waals surface area contributed by atoms with Crippen molar-refractivity contribution in [2.75, 3.05) is 26.3 Å².